The van der Waals surface area contributed by atoms with Gasteiger partial charge in [-0.2, -0.15) is 12.7 Å². The number of aryl methyl sites for hydroxylation is 1. The summed E-state index contributed by atoms with van der Waals surface area (Å²) in [4.78, 5) is 0. The lowest BCUT2D eigenvalue weighted by atomic mass is 10.2. The van der Waals surface area contributed by atoms with Crippen molar-refractivity contribution in [3.05, 3.63) is 28.2 Å². The minimum atomic E-state index is -3.32. The zero-order chi connectivity index (χ0) is 11.1. The van der Waals surface area contributed by atoms with E-state index in [1.807, 2.05) is 19.1 Å². The topological polar surface area (TPSA) is 49.2 Å². The van der Waals surface area contributed by atoms with Gasteiger partial charge in [0, 0.05) is 17.6 Å². The summed E-state index contributed by atoms with van der Waals surface area (Å²) in [5.74, 6) is 0. The standard InChI is InChI=1S/C9H11BrN2O2S/c1-7-2-3-8(10)6-9(7)11-15(13,14)12-4-5-12/h2-3,6,11H,4-5H2,1H3. The van der Waals surface area contributed by atoms with E-state index in [-0.39, 0.29) is 0 Å². The highest BCUT2D eigenvalue weighted by Gasteiger charge is 2.31. The maximum atomic E-state index is 11.6. The van der Waals surface area contributed by atoms with Crippen LogP contribution in [-0.2, 0) is 10.2 Å². The Balaban J connectivity index is 2.27. The van der Waals surface area contributed by atoms with Gasteiger partial charge in [0.2, 0.25) is 0 Å². The van der Waals surface area contributed by atoms with Crippen molar-refractivity contribution in [1.82, 2.24) is 4.31 Å². The molecule has 2 rings (SSSR count). The summed E-state index contributed by atoms with van der Waals surface area (Å²) in [6.45, 7) is 3.09. The highest BCUT2D eigenvalue weighted by molar-refractivity contribution is 9.10. The molecule has 0 amide bonds. The summed E-state index contributed by atoms with van der Waals surface area (Å²) >= 11 is 3.31. The van der Waals surface area contributed by atoms with E-state index in [4.69, 9.17) is 0 Å². The minimum absolute atomic E-state index is 0.613. The molecule has 0 saturated carbocycles. The Labute approximate surface area is 97.6 Å². The normalized spacial score (nSPS) is 16.4. The molecule has 0 bridgehead atoms. The summed E-state index contributed by atoms with van der Waals surface area (Å²) in [6.07, 6.45) is 0. The third kappa shape index (κ3) is 2.50. The quantitative estimate of drug-likeness (QED) is 0.862. The molecule has 4 nitrogen and oxygen atoms in total. The van der Waals surface area contributed by atoms with Gasteiger partial charge in [0.05, 0.1) is 5.69 Å². The van der Waals surface area contributed by atoms with Gasteiger partial charge in [0.15, 0.2) is 0 Å². The monoisotopic (exact) mass is 290 g/mol. The molecule has 0 aromatic heterocycles. The maximum absolute atomic E-state index is 11.6. The van der Waals surface area contributed by atoms with Crippen LogP contribution >= 0.6 is 15.9 Å². The molecule has 1 fully saturated rings. The second-order valence-electron chi connectivity index (χ2n) is 3.47. The second-order valence-corrected chi connectivity index (χ2v) is 6.05. The molecule has 0 radical (unpaired) electrons. The van der Waals surface area contributed by atoms with Crippen LogP contribution in [0.25, 0.3) is 0 Å². The molecule has 6 heteroatoms. The molecule has 15 heavy (non-hydrogen) atoms. The van der Waals surface area contributed by atoms with Crippen LogP contribution in [-0.4, -0.2) is 25.8 Å². The smallest absolute Gasteiger partial charge is 0.271 e. The van der Waals surface area contributed by atoms with Crippen LogP contribution in [0.4, 0.5) is 5.69 Å². The number of benzene rings is 1. The van der Waals surface area contributed by atoms with Crippen LogP contribution in [0.2, 0.25) is 0 Å². The van der Waals surface area contributed by atoms with Crippen molar-refractivity contribution in [1.29, 1.82) is 0 Å². The predicted octanol–water partition coefficient (Wildman–Crippen LogP) is 1.73. The van der Waals surface area contributed by atoms with Crippen molar-refractivity contribution < 1.29 is 8.42 Å². The lowest BCUT2D eigenvalue weighted by Gasteiger charge is -2.10. The van der Waals surface area contributed by atoms with Crippen LogP contribution in [0.1, 0.15) is 5.56 Å². The van der Waals surface area contributed by atoms with Crippen LogP contribution in [0.5, 0.6) is 0 Å². The van der Waals surface area contributed by atoms with Crippen molar-refractivity contribution in [3.63, 3.8) is 0 Å². The van der Waals surface area contributed by atoms with Gasteiger partial charge in [0.25, 0.3) is 0 Å². The average Bonchev–Trinajstić information content (AvgIpc) is 2.93. The number of nitrogens with zero attached hydrogens (tertiary/aromatic N) is 1. The van der Waals surface area contributed by atoms with Crippen molar-refractivity contribution in [2.24, 2.45) is 0 Å². The van der Waals surface area contributed by atoms with Crippen molar-refractivity contribution in [2.75, 3.05) is 17.8 Å². The molecule has 0 unspecified atom stereocenters. The van der Waals surface area contributed by atoms with E-state index in [0.717, 1.165) is 10.0 Å². The summed E-state index contributed by atoms with van der Waals surface area (Å²) < 4.78 is 28.0. The molecule has 1 aliphatic rings. The van der Waals surface area contributed by atoms with Crippen LogP contribution in [0.3, 0.4) is 0 Å². The van der Waals surface area contributed by atoms with Gasteiger partial charge in [-0.15, -0.1) is 0 Å². The van der Waals surface area contributed by atoms with E-state index >= 15 is 0 Å². The number of hydrogen-bond acceptors (Lipinski definition) is 2. The molecule has 1 aromatic carbocycles. The summed E-state index contributed by atoms with van der Waals surface area (Å²) in [5, 5.41) is 0. The van der Waals surface area contributed by atoms with Gasteiger partial charge in [-0.3, -0.25) is 4.72 Å². The highest BCUT2D eigenvalue weighted by atomic mass is 79.9. The van der Waals surface area contributed by atoms with Crippen molar-refractivity contribution >= 4 is 31.8 Å². The molecular formula is C9H11BrN2O2S. The zero-order valence-electron chi connectivity index (χ0n) is 8.20. The van der Waals surface area contributed by atoms with E-state index in [2.05, 4.69) is 20.7 Å². The molecule has 0 spiro atoms. The Morgan fingerprint density at radius 3 is 2.67 bits per heavy atom. The fraction of sp³-hybridized carbons (Fsp3) is 0.333. The number of nitrogens with one attached hydrogen (secondary N) is 1. The van der Waals surface area contributed by atoms with Gasteiger partial charge in [-0.05, 0) is 24.6 Å². The third-order valence-corrected chi connectivity index (χ3v) is 4.20. The highest BCUT2D eigenvalue weighted by Crippen LogP contribution is 2.23. The average molecular weight is 291 g/mol. The van der Waals surface area contributed by atoms with E-state index in [9.17, 15) is 8.42 Å². The first-order valence-electron chi connectivity index (χ1n) is 4.53. The van der Waals surface area contributed by atoms with Gasteiger partial charge in [0.1, 0.15) is 0 Å². The summed E-state index contributed by atoms with van der Waals surface area (Å²) in [7, 11) is -3.32. The van der Waals surface area contributed by atoms with E-state index in [0.29, 0.717) is 18.8 Å². The first kappa shape index (κ1) is 10.9. The van der Waals surface area contributed by atoms with Crippen molar-refractivity contribution in [3.8, 4) is 0 Å². The second kappa shape index (κ2) is 3.77. The summed E-state index contributed by atoms with van der Waals surface area (Å²) in [6, 6.07) is 5.51. The fourth-order valence-electron chi connectivity index (χ4n) is 1.19. The van der Waals surface area contributed by atoms with E-state index in [1.165, 1.54) is 4.31 Å². The number of halogens is 1. The Morgan fingerprint density at radius 1 is 1.40 bits per heavy atom. The van der Waals surface area contributed by atoms with Crippen LogP contribution < -0.4 is 4.72 Å². The van der Waals surface area contributed by atoms with Gasteiger partial charge in [-0.25, -0.2) is 0 Å². The molecule has 1 N–H and O–H groups in total. The number of hydrogen-bond donors (Lipinski definition) is 1. The molecular weight excluding hydrogens is 280 g/mol. The SMILES string of the molecule is Cc1ccc(Br)cc1NS(=O)(=O)N1CC1. The molecule has 1 saturated heterocycles. The minimum Gasteiger partial charge on any atom is -0.271 e. The van der Waals surface area contributed by atoms with Gasteiger partial charge in [-0.1, -0.05) is 22.0 Å². The first-order chi connectivity index (χ1) is 6.99. The first-order valence-corrected chi connectivity index (χ1v) is 6.76. The van der Waals surface area contributed by atoms with E-state index < -0.39 is 10.2 Å². The third-order valence-electron chi connectivity index (χ3n) is 2.18. The van der Waals surface area contributed by atoms with Gasteiger partial charge >= 0.3 is 10.2 Å². The lowest BCUT2D eigenvalue weighted by Crippen LogP contribution is -2.21. The zero-order valence-corrected chi connectivity index (χ0v) is 10.6. The fourth-order valence-corrected chi connectivity index (χ4v) is 2.74. The Morgan fingerprint density at radius 2 is 2.07 bits per heavy atom. The molecule has 1 aromatic rings. The number of anilines is 1. The molecule has 1 aliphatic heterocycles. The van der Waals surface area contributed by atoms with Crippen LogP contribution in [0, 0.1) is 6.92 Å². The summed E-state index contributed by atoms with van der Waals surface area (Å²) in [5.41, 5.74) is 1.53. The van der Waals surface area contributed by atoms with E-state index in [1.54, 1.807) is 6.07 Å². The Bertz CT molecular complexity index is 483. The molecule has 0 atom stereocenters. The maximum Gasteiger partial charge on any atom is 0.301 e. The molecule has 1 heterocycles. The number of rotatable bonds is 3. The van der Waals surface area contributed by atoms with Crippen molar-refractivity contribution in [2.45, 2.75) is 6.92 Å². The lowest BCUT2D eigenvalue weighted by molar-refractivity contribution is 0.569. The largest absolute Gasteiger partial charge is 0.301 e. The van der Waals surface area contributed by atoms with Crippen LogP contribution in [0.15, 0.2) is 22.7 Å². The van der Waals surface area contributed by atoms with Gasteiger partial charge < -0.3 is 0 Å². The molecule has 82 valence electrons. The Kier molecular flexibility index (Phi) is 2.74. The Hall–Kier alpha value is -0.590. The molecule has 0 aliphatic carbocycles. The predicted molar refractivity (Wildman–Crippen MR) is 63.0 cm³/mol.